The van der Waals surface area contributed by atoms with Crippen LogP contribution in [-0.4, -0.2) is 50.7 Å². The minimum Gasteiger partial charge on any atom is -0.469 e. The van der Waals surface area contributed by atoms with Gasteiger partial charge < -0.3 is 14.4 Å². The molecule has 1 rings (SSSR count). The lowest BCUT2D eigenvalue weighted by molar-refractivity contribution is -0.140. The predicted molar refractivity (Wildman–Crippen MR) is 76.4 cm³/mol. The van der Waals surface area contributed by atoms with Crippen molar-refractivity contribution in [3.63, 3.8) is 0 Å². The molecular formula is C12H16BrNO4S. The fourth-order valence-corrected chi connectivity index (χ4v) is 2.78. The summed E-state index contributed by atoms with van der Waals surface area (Å²) < 4.78 is 10.5. The van der Waals surface area contributed by atoms with Crippen molar-refractivity contribution < 1.29 is 19.1 Å². The molecule has 0 saturated carbocycles. The van der Waals surface area contributed by atoms with Gasteiger partial charge in [0.15, 0.2) is 0 Å². The van der Waals surface area contributed by atoms with Gasteiger partial charge in [0, 0.05) is 20.2 Å². The lowest BCUT2D eigenvalue weighted by Gasteiger charge is -2.21. The molecule has 106 valence electrons. The number of hydrogen-bond acceptors (Lipinski definition) is 5. The Morgan fingerprint density at radius 1 is 1.32 bits per heavy atom. The van der Waals surface area contributed by atoms with Crippen LogP contribution in [-0.2, 0) is 14.3 Å². The lowest BCUT2D eigenvalue weighted by atomic mass is 10.3. The molecule has 0 fully saturated rings. The van der Waals surface area contributed by atoms with Gasteiger partial charge in [-0.15, -0.1) is 11.3 Å². The predicted octanol–water partition coefficient (Wildman–Crippen LogP) is 2.16. The number of amides is 1. The lowest BCUT2D eigenvalue weighted by Crippen LogP contribution is -2.35. The van der Waals surface area contributed by atoms with Gasteiger partial charge in [-0.3, -0.25) is 9.59 Å². The Morgan fingerprint density at radius 2 is 2.05 bits per heavy atom. The summed E-state index contributed by atoms with van der Waals surface area (Å²) in [6.45, 7) is 1.20. The van der Waals surface area contributed by atoms with Crippen molar-refractivity contribution in [3.05, 3.63) is 20.8 Å². The third-order valence-electron chi connectivity index (χ3n) is 2.45. The summed E-state index contributed by atoms with van der Waals surface area (Å²) in [6, 6.07) is 3.59. The number of halogens is 1. The molecule has 0 aliphatic heterocycles. The minimum atomic E-state index is -0.331. The molecule has 0 spiro atoms. The Morgan fingerprint density at radius 3 is 2.58 bits per heavy atom. The van der Waals surface area contributed by atoms with Crippen LogP contribution < -0.4 is 0 Å². The summed E-state index contributed by atoms with van der Waals surface area (Å²) in [6.07, 6.45) is 0.179. The average molecular weight is 350 g/mol. The Balaban J connectivity index is 2.66. The molecule has 19 heavy (non-hydrogen) atoms. The Kier molecular flexibility index (Phi) is 7.04. The van der Waals surface area contributed by atoms with Gasteiger partial charge in [0.2, 0.25) is 0 Å². The van der Waals surface area contributed by atoms with Crippen molar-refractivity contribution in [2.45, 2.75) is 6.42 Å². The van der Waals surface area contributed by atoms with E-state index in [-0.39, 0.29) is 18.3 Å². The number of carbonyl (C=O) groups is 2. The maximum Gasteiger partial charge on any atom is 0.307 e. The van der Waals surface area contributed by atoms with Crippen molar-refractivity contribution in [2.24, 2.45) is 0 Å². The molecule has 0 aliphatic carbocycles. The minimum absolute atomic E-state index is 0.100. The van der Waals surface area contributed by atoms with E-state index in [1.807, 2.05) is 6.07 Å². The quantitative estimate of drug-likeness (QED) is 0.708. The summed E-state index contributed by atoms with van der Waals surface area (Å²) in [7, 11) is 2.91. The van der Waals surface area contributed by atoms with Crippen LogP contribution in [0.5, 0.6) is 0 Å². The average Bonchev–Trinajstić information content (AvgIpc) is 2.84. The van der Waals surface area contributed by atoms with Gasteiger partial charge in [-0.05, 0) is 28.1 Å². The molecule has 0 aliphatic rings. The molecule has 0 radical (unpaired) electrons. The largest absolute Gasteiger partial charge is 0.469 e. The van der Waals surface area contributed by atoms with E-state index in [1.165, 1.54) is 18.4 Å². The Hall–Kier alpha value is -0.920. The number of rotatable bonds is 7. The summed E-state index contributed by atoms with van der Waals surface area (Å²) in [5.41, 5.74) is 0. The number of nitrogens with zero attached hydrogens (tertiary/aromatic N) is 1. The van der Waals surface area contributed by atoms with Gasteiger partial charge in [0.25, 0.3) is 5.91 Å². The maximum absolute atomic E-state index is 12.3. The van der Waals surface area contributed by atoms with Crippen molar-refractivity contribution >= 4 is 39.1 Å². The monoisotopic (exact) mass is 349 g/mol. The second kappa shape index (κ2) is 8.29. The molecule has 1 aromatic rings. The number of thiophene rings is 1. The summed E-state index contributed by atoms with van der Waals surface area (Å²) in [4.78, 5) is 25.7. The van der Waals surface area contributed by atoms with E-state index in [0.29, 0.717) is 24.6 Å². The second-order valence-electron chi connectivity index (χ2n) is 3.71. The molecule has 0 saturated heterocycles. The Bertz CT molecular complexity index is 435. The Labute approximate surface area is 124 Å². The zero-order valence-electron chi connectivity index (χ0n) is 10.8. The molecule has 1 amide bonds. The van der Waals surface area contributed by atoms with E-state index in [2.05, 4.69) is 20.7 Å². The van der Waals surface area contributed by atoms with E-state index in [1.54, 1.807) is 18.1 Å². The molecule has 5 nitrogen and oxygen atoms in total. The zero-order valence-corrected chi connectivity index (χ0v) is 13.3. The highest BCUT2D eigenvalue weighted by atomic mass is 79.9. The van der Waals surface area contributed by atoms with Crippen LogP contribution in [0.2, 0.25) is 0 Å². The molecule has 1 heterocycles. The normalized spacial score (nSPS) is 10.3. The van der Waals surface area contributed by atoms with Crippen LogP contribution in [0, 0.1) is 0 Å². The van der Waals surface area contributed by atoms with E-state index in [9.17, 15) is 9.59 Å². The van der Waals surface area contributed by atoms with E-state index in [0.717, 1.165) is 3.79 Å². The molecule has 0 bridgehead atoms. The highest BCUT2D eigenvalue weighted by Gasteiger charge is 2.18. The molecule has 7 heteroatoms. The first-order chi connectivity index (χ1) is 9.08. The highest BCUT2D eigenvalue weighted by Crippen LogP contribution is 2.23. The standard InChI is InChI=1S/C12H16BrNO4S/c1-17-8-7-14(6-5-11(15)18-2)12(16)9-3-4-10(13)19-9/h3-4H,5-8H2,1-2H3. The van der Waals surface area contributed by atoms with Crippen LogP contribution in [0.1, 0.15) is 16.1 Å². The smallest absolute Gasteiger partial charge is 0.307 e. The van der Waals surface area contributed by atoms with Gasteiger partial charge in [-0.25, -0.2) is 0 Å². The fourth-order valence-electron chi connectivity index (χ4n) is 1.43. The van der Waals surface area contributed by atoms with Gasteiger partial charge in [0.1, 0.15) is 0 Å². The van der Waals surface area contributed by atoms with Crippen molar-refractivity contribution in [1.82, 2.24) is 4.90 Å². The van der Waals surface area contributed by atoms with Gasteiger partial charge in [0.05, 0.1) is 28.8 Å². The SMILES string of the molecule is COCCN(CCC(=O)OC)C(=O)c1ccc(Br)s1. The maximum atomic E-state index is 12.3. The van der Waals surface area contributed by atoms with Crippen molar-refractivity contribution in [2.75, 3.05) is 33.9 Å². The van der Waals surface area contributed by atoms with Gasteiger partial charge in [-0.2, -0.15) is 0 Å². The van der Waals surface area contributed by atoms with Crippen LogP contribution in [0.25, 0.3) is 0 Å². The fraction of sp³-hybridized carbons (Fsp3) is 0.500. The van der Waals surface area contributed by atoms with Crippen LogP contribution in [0.4, 0.5) is 0 Å². The van der Waals surface area contributed by atoms with Gasteiger partial charge in [-0.1, -0.05) is 0 Å². The summed E-state index contributed by atoms with van der Waals surface area (Å²) >= 11 is 4.69. The number of ether oxygens (including phenoxy) is 2. The molecule has 0 unspecified atom stereocenters. The molecule has 0 atom stereocenters. The molecule has 0 N–H and O–H groups in total. The van der Waals surface area contributed by atoms with Crippen LogP contribution >= 0.6 is 27.3 Å². The van der Waals surface area contributed by atoms with Crippen LogP contribution in [0.15, 0.2) is 15.9 Å². The number of methoxy groups -OCH3 is 2. The number of esters is 1. The van der Waals surface area contributed by atoms with Crippen molar-refractivity contribution in [1.29, 1.82) is 0 Å². The third-order valence-corrected chi connectivity index (χ3v) is 4.06. The molecule has 0 aromatic carbocycles. The summed E-state index contributed by atoms with van der Waals surface area (Å²) in [5, 5.41) is 0. The first-order valence-corrected chi connectivity index (χ1v) is 7.29. The zero-order chi connectivity index (χ0) is 14.3. The number of carbonyl (C=O) groups excluding carboxylic acids is 2. The van der Waals surface area contributed by atoms with Crippen molar-refractivity contribution in [3.8, 4) is 0 Å². The van der Waals surface area contributed by atoms with E-state index < -0.39 is 0 Å². The topological polar surface area (TPSA) is 55.8 Å². The first-order valence-electron chi connectivity index (χ1n) is 5.69. The van der Waals surface area contributed by atoms with E-state index in [4.69, 9.17) is 4.74 Å². The van der Waals surface area contributed by atoms with E-state index >= 15 is 0 Å². The van der Waals surface area contributed by atoms with Gasteiger partial charge >= 0.3 is 5.97 Å². The molecular weight excluding hydrogens is 334 g/mol. The summed E-state index contributed by atoms with van der Waals surface area (Å²) in [5.74, 6) is -0.431. The van der Waals surface area contributed by atoms with Crippen LogP contribution in [0.3, 0.4) is 0 Å². The number of hydrogen-bond donors (Lipinski definition) is 0. The third kappa shape index (κ3) is 5.30. The molecule has 1 aromatic heterocycles. The first kappa shape index (κ1) is 16.1. The second-order valence-corrected chi connectivity index (χ2v) is 6.18. The highest BCUT2D eigenvalue weighted by molar-refractivity contribution is 9.11.